The quantitative estimate of drug-likeness (QED) is 0.651. The van der Waals surface area contributed by atoms with Gasteiger partial charge in [0, 0.05) is 22.6 Å². The summed E-state index contributed by atoms with van der Waals surface area (Å²) < 4.78 is 12.4. The van der Waals surface area contributed by atoms with E-state index < -0.39 is 6.09 Å². The van der Waals surface area contributed by atoms with Gasteiger partial charge in [-0.05, 0) is 58.0 Å². The predicted molar refractivity (Wildman–Crippen MR) is 94.2 cm³/mol. The van der Waals surface area contributed by atoms with Gasteiger partial charge in [0.05, 0.1) is 19.4 Å². The van der Waals surface area contributed by atoms with Crippen molar-refractivity contribution in [3.05, 3.63) is 47.3 Å². The lowest BCUT2D eigenvalue weighted by molar-refractivity contribution is 0.152. The molecule has 1 aromatic carbocycles. The zero-order chi connectivity index (χ0) is 17.5. The van der Waals surface area contributed by atoms with E-state index >= 15 is 0 Å². The molecule has 1 heterocycles. The SMILES string of the molecule is CCOC(=O)N/N=C\c1cc(C)n(-c2ccc(OCC)cc2)c1C. The Labute approximate surface area is 142 Å². The number of nitrogens with one attached hydrogen (secondary N) is 1. The third-order valence-electron chi connectivity index (χ3n) is 3.51. The van der Waals surface area contributed by atoms with Crippen LogP contribution in [-0.2, 0) is 4.74 Å². The molecule has 0 aliphatic rings. The van der Waals surface area contributed by atoms with Gasteiger partial charge in [-0.3, -0.25) is 0 Å². The van der Waals surface area contributed by atoms with Gasteiger partial charge in [0.25, 0.3) is 0 Å². The summed E-state index contributed by atoms with van der Waals surface area (Å²) >= 11 is 0. The fraction of sp³-hybridized carbons (Fsp3) is 0.333. The van der Waals surface area contributed by atoms with Crippen molar-refractivity contribution in [3.8, 4) is 11.4 Å². The van der Waals surface area contributed by atoms with Crippen molar-refractivity contribution in [2.45, 2.75) is 27.7 Å². The zero-order valence-electron chi connectivity index (χ0n) is 14.5. The van der Waals surface area contributed by atoms with Crippen LogP contribution in [0.3, 0.4) is 0 Å². The number of carbonyl (C=O) groups excluding carboxylic acids is 1. The zero-order valence-corrected chi connectivity index (χ0v) is 14.5. The first-order valence-electron chi connectivity index (χ1n) is 7.94. The molecule has 0 spiro atoms. The van der Waals surface area contributed by atoms with Crippen molar-refractivity contribution >= 4 is 12.3 Å². The molecule has 0 unspecified atom stereocenters. The van der Waals surface area contributed by atoms with Gasteiger partial charge in [0.1, 0.15) is 5.75 Å². The molecular weight excluding hydrogens is 306 g/mol. The van der Waals surface area contributed by atoms with Crippen molar-refractivity contribution in [1.82, 2.24) is 9.99 Å². The van der Waals surface area contributed by atoms with Crippen LogP contribution in [0, 0.1) is 13.8 Å². The third kappa shape index (κ3) is 4.16. The Balaban J connectivity index is 2.19. The summed E-state index contributed by atoms with van der Waals surface area (Å²) in [6, 6.07) is 9.95. The number of ether oxygens (including phenoxy) is 2. The highest BCUT2D eigenvalue weighted by atomic mass is 16.5. The van der Waals surface area contributed by atoms with Crippen LogP contribution in [0.4, 0.5) is 4.79 Å². The lowest BCUT2D eigenvalue weighted by Gasteiger charge is -2.10. The minimum absolute atomic E-state index is 0.313. The summed E-state index contributed by atoms with van der Waals surface area (Å²) in [5.41, 5.74) is 6.42. The average molecular weight is 329 g/mol. The van der Waals surface area contributed by atoms with Crippen LogP contribution in [0.2, 0.25) is 0 Å². The lowest BCUT2D eigenvalue weighted by Crippen LogP contribution is -2.18. The highest BCUT2D eigenvalue weighted by molar-refractivity contribution is 5.83. The Morgan fingerprint density at radius 1 is 1.21 bits per heavy atom. The van der Waals surface area contributed by atoms with E-state index in [9.17, 15) is 4.79 Å². The molecule has 0 bridgehead atoms. The molecule has 6 nitrogen and oxygen atoms in total. The van der Waals surface area contributed by atoms with Crippen LogP contribution in [-0.4, -0.2) is 30.1 Å². The summed E-state index contributed by atoms with van der Waals surface area (Å²) in [5, 5.41) is 3.92. The van der Waals surface area contributed by atoms with Crippen LogP contribution in [0.1, 0.15) is 30.8 Å². The maximum atomic E-state index is 11.2. The van der Waals surface area contributed by atoms with E-state index in [0.717, 1.165) is 28.4 Å². The number of hydrogen-bond acceptors (Lipinski definition) is 4. The third-order valence-corrected chi connectivity index (χ3v) is 3.51. The second kappa shape index (κ2) is 8.19. The largest absolute Gasteiger partial charge is 0.494 e. The number of aromatic nitrogens is 1. The number of amides is 1. The van der Waals surface area contributed by atoms with Crippen LogP contribution in [0.5, 0.6) is 5.75 Å². The topological polar surface area (TPSA) is 64.8 Å². The van der Waals surface area contributed by atoms with Crippen LogP contribution >= 0.6 is 0 Å². The number of rotatable bonds is 6. The van der Waals surface area contributed by atoms with E-state index in [2.05, 4.69) is 15.1 Å². The number of benzene rings is 1. The minimum atomic E-state index is -0.561. The van der Waals surface area contributed by atoms with Crippen molar-refractivity contribution in [1.29, 1.82) is 0 Å². The molecule has 1 amide bonds. The average Bonchev–Trinajstić information content (AvgIpc) is 2.83. The number of aryl methyl sites for hydroxylation is 1. The molecule has 1 N–H and O–H groups in total. The van der Waals surface area contributed by atoms with Gasteiger partial charge >= 0.3 is 6.09 Å². The number of nitrogens with zero attached hydrogens (tertiary/aromatic N) is 2. The van der Waals surface area contributed by atoms with Gasteiger partial charge in [-0.15, -0.1) is 0 Å². The fourth-order valence-electron chi connectivity index (χ4n) is 2.49. The molecule has 0 fully saturated rings. The fourth-order valence-corrected chi connectivity index (χ4v) is 2.49. The first-order chi connectivity index (χ1) is 11.6. The summed E-state index contributed by atoms with van der Waals surface area (Å²) in [6.07, 6.45) is 1.05. The molecule has 0 saturated heterocycles. The standard InChI is InChI=1S/C18H23N3O3/c1-5-23-17-9-7-16(8-10-17)21-13(3)11-15(14(21)4)12-19-20-18(22)24-6-2/h7-12H,5-6H2,1-4H3,(H,20,22)/b19-12-. The highest BCUT2D eigenvalue weighted by Gasteiger charge is 2.09. The molecule has 0 radical (unpaired) electrons. The van der Waals surface area contributed by atoms with Crippen LogP contribution in [0.25, 0.3) is 5.69 Å². The lowest BCUT2D eigenvalue weighted by atomic mass is 10.2. The van der Waals surface area contributed by atoms with Gasteiger partial charge < -0.3 is 14.0 Å². The number of hydrazone groups is 1. The Kier molecular flexibility index (Phi) is 6.01. The molecule has 6 heteroatoms. The monoisotopic (exact) mass is 329 g/mol. The maximum Gasteiger partial charge on any atom is 0.427 e. The van der Waals surface area contributed by atoms with E-state index in [1.54, 1.807) is 13.1 Å². The second-order valence-electron chi connectivity index (χ2n) is 5.18. The number of hydrogen-bond donors (Lipinski definition) is 1. The van der Waals surface area contributed by atoms with Crippen molar-refractivity contribution in [2.24, 2.45) is 5.10 Å². The van der Waals surface area contributed by atoms with E-state index in [-0.39, 0.29) is 0 Å². The van der Waals surface area contributed by atoms with Crippen LogP contribution in [0.15, 0.2) is 35.4 Å². The summed E-state index contributed by atoms with van der Waals surface area (Å²) in [6.45, 7) is 8.70. The minimum Gasteiger partial charge on any atom is -0.494 e. The van der Waals surface area contributed by atoms with Gasteiger partial charge in [0.15, 0.2) is 0 Å². The summed E-state index contributed by atoms with van der Waals surface area (Å²) in [7, 11) is 0. The number of carbonyl (C=O) groups is 1. The first-order valence-corrected chi connectivity index (χ1v) is 7.94. The van der Waals surface area contributed by atoms with E-state index in [4.69, 9.17) is 9.47 Å². The molecular formula is C18H23N3O3. The highest BCUT2D eigenvalue weighted by Crippen LogP contribution is 2.22. The second-order valence-corrected chi connectivity index (χ2v) is 5.18. The Bertz CT molecular complexity index is 718. The van der Waals surface area contributed by atoms with Gasteiger partial charge in [-0.1, -0.05) is 0 Å². The smallest absolute Gasteiger partial charge is 0.427 e. The molecule has 1 aromatic heterocycles. The molecule has 0 saturated carbocycles. The molecule has 0 aliphatic carbocycles. The summed E-state index contributed by atoms with van der Waals surface area (Å²) in [4.78, 5) is 11.2. The summed E-state index contributed by atoms with van der Waals surface area (Å²) in [5.74, 6) is 0.851. The molecule has 2 rings (SSSR count). The molecule has 0 atom stereocenters. The van der Waals surface area contributed by atoms with Crippen molar-refractivity contribution < 1.29 is 14.3 Å². The van der Waals surface area contributed by atoms with Crippen molar-refractivity contribution in [3.63, 3.8) is 0 Å². The van der Waals surface area contributed by atoms with E-state index in [0.29, 0.717) is 13.2 Å². The molecule has 24 heavy (non-hydrogen) atoms. The van der Waals surface area contributed by atoms with Gasteiger partial charge in [0.2, 0.25) is 0 Å². The molecule has 0 aliphatic heterocycles. The maximum absolute atomic E-state index is 11.2. The Hall–Kier alpha value is -2.76. The van der Waals surface area contributed by atoms with Crippen LogP contribution < -0.4 is 10.2 Å². The Morgan fingerprint density at radius 2 is 1.92 bits per heavy atom. The van der Waals surface area contributed by atoms with E-state index in [1.165, 1.54) is 0 Å². The predicted octanol–water partition coefficient (Wildman–Crippen LogP) is 3.57. The van der Waals surface area contributed by atoms with Crippen molar-refractivity contribution in [2.75, 3.05) is 13.2 Å². The molecule has 128 valence electrons. The molecule has 2 aromatic rings. The first kappa shape index (κ1) is 17.6. The van der Waals surface area contributed by atoms with Gasteiger partial charge in [-0.25, -0.2) is 10.2 Å². The van der Waals surface area contributed by atoms with E-state index in [1.807, 2.05) is 51.1 Å². The Morgan fingerprint density at radius 3 is 2.54 bits per heavy atom. The normalized spacial score (nSPS) is 10.8. The van der Waals surface area contributed by atoms with Gasteiger partial charge in [-0.2, -0.15) is 5.10 Å².